The molecule has 2 aliphatic rings. The van der Waals surface area contributed by atoms with E-state index in [9.17, 15) is 25.2 Å². The molecule has 10 atom stereocenters. The van der Waals surface area contributed by atoms with Crippen molar-refractivity contribution in [2.24, 2.45) is 17.2 Å². The summed E-state index contributed by atoms with van der Waals surface area (Å²) >= 11 is 0. The van der Waals surface area contributed by atoms with Gasteiger partial charge in [0.15, 0.2) is 6.29 Å². The zero-order valence-corrected chi connectivity index (χ0v) is 14.1. The minimum Gasteiger partial charge on any atom is -0.389 e. The SMILES string of the molecule is N[C@H]1[C@@H](O[C@H]2[C@H](O)[C@@H](O)[C@H](N)C[C@@H]2N)O[C@H](CNC(=O)CO)[C@@H](O)[C@@H]1O. The predicted molar refractivity (Wildman–Crippen MR) is 86.2 cm³/mol. The zero-order valence-electron chi connectivity index (χ0n) is 14.1. The summed E-state index contributed by atoms with van der Waals surface area (Å²) in [6.45, 7) is -0.955. The quantitative estimate of drug-likeness (QED) is 0.218. The van der Waals surface area contributed by atoms with Gasteiger partial charge in [0.2, 0.25) is 5.91 Å². The lowest BCUT2D eigenvalue weighted by Gasteiger charge is -2.45. The summed E-state index contributed by atoms with van der Waals surface area (Å²) in [6.07, 6.45) is -8.70. The number of carbonyl (C=O) groups is 1. The Morgan fingerprint density at radius 2 is 1.69 bits per heavy atom. The summed E-state index contributed by atoms with van der Waals surface area (Å²) in [4.78, 5) is 11.2. The number of amides is 1. The third-order valence-corrected chi connectivity index (χ3v) is 4.78. The van der Waals surface area contributed by atoms with Crippen LogP contribution >= 0.6 is 0 Å². The van der Waals surface area contributed by atoms with Crippen molar-refractivity contribution in [3.63, 3.8) is 0 Å². The molecule has 2 fully saturated rings. The van der Waals surface area contributed by atoms with Crippen LogP contribution in [0.3, 0.4) is 0 Å². The van der Waals surface area contributed by atoms with Gasteiger partial charge in [0.25, 0.3) is 0 Å². The van der Waals surface area contributed by atoms with Crippen LogP contribution in [-0.4, -0.2) is 106 Å². The maximum Gasteiger partial charge on any atom is 0.245 e. The summed E-state index contributed by atoms with van der Waals surface area (Å²) in [7, 11) is 0. The molecule has 26 heavy (non-hydrogen) atoms. The topological polar surface area (TPSA) is 227 Å². The number of hydrogen-bond donors (Lipinski definition) is 9. The molecule has 0 aromatic carbocycles. The van der Waals surface area contributed by atoms with E-state index in [-0.39, 0.29) is 13.0 Å². The number of hydrogen-bond acceptors (Lipinski definition) is 11. The predicted octanol–water partition coefficient (Wildman–Crippen LogP) is -5.97. The molecule has 12 nitrogen and oxygen atoms in total. The van der Waals surface area contributed by atoms with Gasteiger partial charge in [-0.15, -0.1) is 0 Å². The number of ether oxygens (including phenoxy) is 2. The lowest BCUT2D eigenvalue weighted by molar-refractivity contribution is -0.288. The molecule has 1 aliphatic heterocycles. The second kappa shape index (κ2) is 8.84. The van der Waals surface area contributed by atoms with Gasteiger partial charge in [-0.25, -0.2) is 0 Å². The van der Waals surface area contributed by atoms with E-state index in [1.165, 1.54) is 0 Å². The molecule has 1 saturated carbocycles. The van der Waals surface area contributed by atoms with Crippen molar-refractivity contribution in [2.45, 2.75) is 67.5 Å². The Kier molecular flexibility index (Phi) is 7.27. The second-order valence-electron chi connectivity index (χ2n) is 6.71. The average molecular weight is 380 g/mol. The molecule has 0 aromatic rings. The highest BCUT2D eigenvalue weighted by atomic mass is 16.7. The average Bonchev–Trinajstić information content (AvgIpc) is 2.61. The first-order valence-electron chi connectivity index (χ1n) is 8.34. The summed E-state index contributed by atoms with van der Waals surface area (Å²) in [5, 5.41) is 51.2. The maximum absolute atomic E-state index is 11.2. The highest BCUT2D eigenvalue weighted by molar-refractivity contribution is 5.76. The van der Waals surface area contributed by atoms with Crippen LogP contribution in [0.2, 0.25) is 0 Å². The fourth-order valence-electron chi connectivity index (χ4n) is 3.14. The van der Waals surface area contributed by atoms with Gasteiger partial charge >= 0.3 is 0 Å². The summed E-state index contributed by atoms with van der Waals surface area (Å²) < 4.78 is 11.1. The first kappa shape index (κ1) is 21.4. The van der Waals surface area contributed by atoms with Gasteiger partial charge in [0.1, 0.15) is 37.1 Å². The molecule has 12 heteroatoms. The molecular weight excluding hydrogens is 352 g/mol. The van der Waals surface area contributed by atoms with Crippen molar-refractivity contribution in [1.29, 1.82) is 0 Å². The van der Waals surface area contributed by atoms with E-state index < -0.39 is 73.6 Å². The third kappa shape index (κ3) is 4.48. The van der Waals surface area contributed by atoms with Crippen LogP contribution in [-0.2, 0) is 14.3 Å². The highest BCUT2D eigenvalue weighted by Crippen LogP contribution is 2.27. The Morgan fingerprint density at radius 1 is 1.04 bits per heavy atom. The fourth-order valence-corrected chi connectivity index (χ4v) is 3.14. The number of nitrogens with two attached hydrogens (primary N) is 3. The van der Waals surface area contributed by atoms with Crippen LogP contribution < -0.4 is 22.5 Å². The summed E-state index contributed by atoms with van der Waals surface area (Å²) in [6, 6.07) is -2.59. The molecule has 1 aliphatic carbocycles. The molecule has 1 saturated heterocycles. The van der Waals surface area contributed by atoms with E-state index in [0.29, 0.717) is 0 Å². The smallest absolute Gasteiger partial charge is 0.245 e. The zero-order chi connectivity index (χ0) is 19.6. The van der Waals surface area contributed by atoms with Crippen LogP contribution in [0.1, 0.15) is 6.42 Å². The van der Waals surface area contributed by atoms with Gasteiger partial charge in [-0.1, -0.05) is 0 Å². The lowest BCUT2D eigenvalue weighted by atomic mass is 9.84. The van der Waals surface area contributed by atoms with Crippen molar-refractivity contribution in [1.82, 2.24) is 5.32 Å². The van der Waals surface area contributed by atoms with Crippen LogP contribution in [0.4, 0.5) is 0 Å². The van der Waals surface area contributed by atoms with Crippen LogP contribution in [0, 0.1) is 0 Å². The second-order valence-corrected chi connectivity index (χ2v) is 6.71. The molecular formula is C14H28N4O8. The standard InChI is InChI=1S/C14H28N4O8/c15-4-1-5(16)13(12(24)9(4)21)26-14-8(17)11(23)10(22)6(25-14)2-18-7(20)3-19/h4-6,8-14,19,21-24H,1-3,15-17H2,(H,18,20)/t4-,5+,6-,8-,9+,10-,11-,12-,13-,14-/m1/s1. The number of rotatable bonds is 5. The molecule has 0 aromatic heterocycles. The van der Waals surface area contributed by atoms with Crippen LogP contribution in [0.25, 0.3) is 0 Å². The van der Waals surface area contributed by atoms with E-state index in [1.54, 1.807) is 0 Å². The van der Waals surface area contributed by atoms with Gasteiger partial charge in [0, 0.05) is 18.6 Å². The number of nitrogens with one attached hydrogen (secondary N) is 1. The minimum atomic E-state index is -1.44. The van der Waals surface area contributed by atoms with E-state index >= 15 is 0 Å². The van der Waals surface area contributed by atoms with E-state index in [4.69, 9.17) is 31.8 Å². The molecule has 12 N–H and O–H groups in total. The molecule has 2 rings (SSSR count). The highest BCUT2D eigenvalue weighted by Gasteiger charge is 2.48. The Bertz CT molecular complexity index is 486. The van der Waals surface area contributed by atoms with E-state index in [1.807, 2.05) is 0 Å². The van der Waals surface area contributed by atoms with Gasteiger partial charge in [-0.2, -0.15) is 0 Å². The molecule has 1 amide bonds. The van der Waals surface area contributed by atoms with Gasteiger partial charge in [0.05, 0.1) is 12.1 Å². The van der Waals surface area contributed by atoms with Crippen molar-refractivity contribution < 1.29 is 39.8 Å². The maximum atomic E-state index is 11.2. The van der Waals surface area contributed by atoms with Crippen molar-refractivity contribution in [2.75, 3.05) is 13.2 Å². The van der Waals surface area contributed by atoms with Gasteiger partial charge in [-0.3, -0.25) is 4.79 Å². The Morgan fingerprint density at radius 3 is 2.31 bits per heavy atom. The Hall–Kier alpha value is -0.930. The first-order chi connectivity index (χ1) is 12.2. The monoisotopic (exact) mass is 380 g/mol. The van der Waals surface area contributed by atoms with Crippen molar-refractivity contribution in [3.8, 4) is 0 Å². The number of carbonyl (C=O) groups excluding carboxylic acids is 1. The molecule has 0 bridgehead atoms. The number of aliphatic hydroxyl groups is 5. The normalized spacial score (nSPS) is 46.8. The van der Waals surface area contributed by atoms with Crippen LogP contribution in [0.5, 0.6) is 0 Å². The van der Waals surface area contributed by atoms with Crippen molar-refractivity contribution >= 4 is 5.91 Å². The minimum absolute atomic E-state index is 0.187. The Labute approximate surface area is 149 Å². The molecule has 0 spiro atoms. The van der Waals surface area contributed by atoms with E-state index in [0.717, 1.165) is 0 Å². The van der Waals surface area contributed by atoms with Gasteiger partial charge in [-0.05, 0) is 6.42 Å². The summed E-state index contributed by atoms with van der Waals surface area (Å²) in [5.74, 6) is -0.690. The molecule has 0 radical (unpaired) electrons. The molecule has 0 unspecified atom stereocenters. The van der Waals surface area contributed by atoms with Crippen LogP contribution in [0.15, 0.2) is 0 Å². The summed E-state index contributed by atoms with van der Waals surface area (Å²) in [5.41, 5.74) is 17.4. The largest absolute Gasteiger partial charge is 0.389 e. The van der Waals surface area contributed by atoms with E-state index in [2.05, 4.69) is 5.32 Å². The molecule has 1 heterocycles. The first-order valence-corrected chi connectivity index (χ1v) is 8.34. The number of aliphatic hydroxyl groups excluding tert-OH is 5. The van der Waals surface area contributed by atoms with Gasteiger partial charge < -0.3 is 57.5 Å². The molecule has 152 valence electrons. The third-order valence-electron chi connectivity index (χ3n) is 4.78. The van der Waals surface area contributed by atoms with Crippen molar-refractivity contribution in [3.05, 3.63) is 0 Å². The lowest BCUT2D eigenvalue weighted by Crippen LogP contribution is -2.67. The Balaban J connectivity index is 2.05. The fraction of sp³-hybridized carbons (Fsp3) is 0.929.